The fourth-order valence-corrected chi connectivity index (χ4v) is 1.89. The first-order chi connectivity index (χ1) is 11.6. The maximum atomic E-state index is 11.9. The van der Waals surface area contributed by atoms with Crippen LogP contribution in [0.3, 0.4) is 0 Å². The predicted octanol–water partition coefficient (Wildman–Crippen LogP) is 1.10. The van der Waals surface area contributed by atoms with E-state index in [4.69, 9.17) is 4.74 Å². The first-order valence-electron chi connectivity index (χ1n) is 7.48. The lowest BCUT2D eigenvalue weighted by Crippen LogP contribution is -2.40. The number of phenolic OH excluding ortho intramolecular Hbond substituents is 1. The number of carbonyl (C=O) groups is 2. The number of benzene rings is 1. The molecule has 1 aromatic carbocycles. The number of hydrogen-bond acceptors (Lipinski definition) is 5. The Balaban J connectivity index is 1.69. The monoisotopic (exact) mass is 329 g/mol. The van der Waals surface area contributed by atoms with Crippen LogP contribution in [0.25, 0.3) is 0 Å². The van der Waals surface area contributed by atoms with Gasteiger partial charge in [-0.15, -0.1) is 0 Å². The molecule has 0 spiro atoms. The van der Waals surface area contributed by atoms with Crippen LogP contribution >= 0.6 is 0 Å². The van der Waals surface area contributed by atoms with Crippen LogP contribution in [0.2, 0.25) is 0 Å². The number of rotatable bonds is 7. The van der Waals surface area contributed by atoms with Gasteiger partial charge in [-0.1, -0.05) is 0 Å². The zero-order chi connectivity index (χ0) is 17.4. The van der Waals surface area contributed by atoms with E-state index in [0.29, 0.717) is 24.4 Å². The zero-order valence-electron chi connectivity index (χ0n) is 13.2. The number of aromatic nitrogens is 1. The number of nitrogens with one attached hydrogen (secondary N) is 2. The number of ether oxygens (including phenoxy) is 1. The Hall–Kier alpha value is -3.09. The van der Waals surface area contributed by atoms with Gasteiger partial charge in [0.15, 0.2) is 6.10 Å². The molecule has 0 fully saturated rings. The third kappa shape index (κ3) is 5.28. The van der Waals surface area contributed by atoms with Crippen LogP contribution in [0.1, 0.15) is 17.3 Å². The highest BCUT2D eigenvalue weighted by atomic mass is 16.5. The van der Waals surface area contributed by atoms with Crippen molar-refractivity contribution < 1.29 is 19.4 Å². The van der Waals surface area contributed by atoms with Crippen molar-refractivity contribution in [2.24, 2.45) is 0 Å². The van der Waals surface area contributed by atoms with Gasteiger partial charge in [-0.2, -0.15) is 0 Å². The lowest BCUT2D eigenvalue weighted by molar-refractivity contribution is -0.127. The van der Waals surface area contributed by atoms with Crippen LogP contribution in [0.15, 0.2) is 48.8 Å². The Kier molecular flexibility index (Phi) is 6.13. The van der Waals surface area contributed by atoms with E-state index in [0.717, 1.165) is 0 Å². The van der Waals surface area contributed by atoms with Crippen molar-refractivity contribution >= 4 is 11.8 Å². The van der Waals surface area contributed by atoms with E-state index in [1.807, 2.05) is 0 Å². The summed E-state index contributed by atoms with van der Waals surface area (Å²) in [7, 11) is 0. The molecule has 2 amide bonds. The molecular formula is C17H19N3O4. The van der Waals surface area contributed by atoms with Crippen molar-refractivity contribution in [2.75, 3.05) is 13.1 Å². The van der Waals surface area contributed by atoms with E-state index in [2.05, 4.69) is 15.6 Å². The second-order valence-electron chi connectivity index (χ2n) is 5.04. The van der Waals surface area contributed by atoms with Crippen LogP contribution in [-0.2, 0) is 4.79 Å². The molecule has 7 nitrogen and oxygen atoms in total. The minimum absolute atomic E-state index is 0.129. The van der Waals surface area contributed by atoms with Crippen LogP contribution in [-0.4, -0.2) is 41.1 Å². The summed E-state index contributed by atoms with van der Waals surface area (Å²) in [5, 5.41) is 14.6. The van der Waals surface area contributed by atoms with Gasteiger partial charge >= 0.3 is 0 Å². The average Bonchev–Trinajstić information content (AvgIpc) is 2.61. The smallest absolute Gasteiger partial charge is 0.260 e. The maximum absolute atomic E-state index is 11.9. The number of pyridine rings is 1. The number of amides is 2. The summed E-state index contributed by atoms with van der Waals surface area (Å²) in [6.45, 7) is 2.22. The minimum atomic E-state index is -0.689. The van der Waals surface area contributed by atoms with Gasteiger partial charge in [0.2, 0.25) is 0 Å². The van der Waals surface area contributed by atoms with Gasteiger partial charge in [0.25, 0.3) is 11.8 Å². The Morgan fingerprint density at radius 1 is 1.08 bits per heavy atom. The minimum Gasteiger partial charge on any atom is -0.508 e. The van der Waals surface area contributed by atoms with E-state index in [9.17, 15) is 14.7 Å². The zero-order valence-corrected chi connectivity index (χ0v) is 13.2. The molecule has 1 aromatic heterocycles. The highest BCUT2D eigenvalue weighted by Gasteiger charge is 2.14. The number of phenols is 1. The van der Waals surface area contributed by atoms with E-state index in [-0.39, 0.29) is 17.6 Å². The van der Waals surface area contributed by atoms with Crippen LogP contribution < -0.4 is 15.4 Å². The van der Waals surface area contributed by atoms with E-state index in [1.54, 1.807) is 43.6 Å². The molecule has 2 aromatic rings. The molecule has 1 unspecified atom stereocenters. The van der Waals surface area contributed by atoms with Crippen LogP contribution in [0.5, 0.6) is 11.5 Å². The molecule has 0 bridgehead atoms. The highest BCUT2D eigenvalue weighted by molar-refractivity contribution is 5.94. The molecule has 0 aliphatic rings. The highest BCUT2D eigenvalue weighted by Crippen LogP contribution is 2.17. The third-order valence-corrected chi connectivity index (χ3v) is 3.17. The summed E-state index contributed by atoms with van der Waals surface area (Å²) in [4.78, 5) is 27.6. The third-order valence-electron chi connectivity index (χ3n) is 3.17. The average molecular weight is 329 g/mol. The molecule has 3 N–H and O–H groups in total. The first kappa shape index (κ1) is 17.3. The summed E-state index contributed by atoms with van der Waals surface area (Å²) in [5.74, 6) is 0.104. The Bertz CT molecular complexity index is 674. The molecule has 7 heteroatoms. The first-order valence-corrected chi connectivity index (χ1v) is 7.48. The van der Waals surface area contributed by atoms with Crippen molar-refractivity contribution in [3.05, 3.63) is 54.4 Å². The summed E-state index contributed by atoms with van der Waals surface area (Å²) in [5.41, 5.74) is 0.514. The van der Waals surface area contributed by atoms with E-state index in [1.165, 1.54) is 12.1 Å². The van der Waals surface area contributed by atoms with Gasteiger partial charge in [-0.25, -0.2) is 0 Å². The maximum Gasteiger partial charge on any atom is 0.260 e. The van der Waals surface area contributed by atoms with Gasteiger partial charge in [-0.05, 0) is 43.3 Å². The molecule has 1 heterocycles. The SMILES string of the molecule is CC(Oc1ccc(O)cc1)C(=O)NCCNC(=O)c1ccncc1. The molecule has 0 aliphatic heterocycles. The standard InChI is InChI=1S/C17H19N3O4/c1-12(24-15-4-2-14(21)3-5-15)16(22)19-10-11-20-17(23)13-6-8-18-9-7-13/h2-9,12,21H,10-11H2,1H3,(H,19,22)(H,20,23). The molecule has 0 saturated heterocycles. The molecule has 0 saturated carbocycles. The van der Waals surface area contributed by atoms with Crippen molar-refractivity contribution in [1.82, 2.24) is 15.6 Å². The van der Waals surface area contributed by atoms with Crippen LogP contribution in [0, 0.1) is 0 Å². The fraction of sp³-hybridized carbons (Fsp3) is 0.235. The summed E-state index contributed by atoms with van der Waals surface area (Å²) in [6.07, 6.45) is 2.39. The molecule has 2 rings (SSSR count). The van der Waals surface area contributed by atoms with E-state index >= 15 is 0 Å². The normalized spacial score (nSPS) is 11.4. The molecule has 24 heavy (non-hydrogen) atoms. The number of aromatic hydroxyl groups is 1. The van der Waals surface area contributed by atoms with Gasteiger partial charge in [0.05, 0.1) is 0 Å². The second-order valence-corrected chi connectivity index (χ2v) is 5.04. The summed E-state index contributed by atoms with van der Waals surface area (Å²) < 4.78 is 5.46. The number of hydrogen-bond donors (Lipinski definition) is 3. The lowest BCUT2D eigenvalue weighted by atomic mass is 10.2. The van der Waals surface area contributed by atoms with E-state index < -0.39 is 6.10 Å². The Labute approximate surface area is 139 Å². The Morgan fingerprint density at radius 3 is 2.38 bits per heavy atom. The van der Waals surface area contributed by atoms with Gasteiger partial charge in [0, 0.05) is 31.0 Å². The fourth-order valence-electron chi connectivity index (χ4n) is 1.89. The topological polar surface area (TPSA) is 101 Å². The van der Waals surface area contributed by atoms with Crippen molar-refractivity contribution in [3.8, 4) is 11.5 Å². The molecule has 126 valence electrons. The van der Waals surface area contributed by atoms with Crippen LogP contribution in [0.4, 0.5) is 0 Å². The summed E-state index contributed by atoms with van der Waals surface area (Å²) in [6, 6.07) is 9.34. The van der Waals surface area contributed by atoms with Crippen molar-refractivity contribution in [3.63, 3.8) is 0 Å². The second kappa shape index (κ2) is 8.52. The quantitative estimate of drug-likeness (QED) is 0.661. The number of carbonyl (C=O) groups excluding carboxylic acids is 2. The van der Waals surface area contributed by atoms with Crippen molar-refractivity contribution in [1.29, 1.82) is 0 Å². The Morgan fingerprint density at radius 2 is 1.71 bits per heavy atom. The molecule has 0 radical (unpaired) electrons. The molecular weight excluding hydrogens is 310 g/mol. The predicted molar refractivity (Wildman–Crippen MR) is 87.8 cm³/mol. The lowest BCUT2D eigenvalue weighted by Gasteiger charge is -2.15. The number of nitrogens with zero attached hydrogens (tertiary/aromatic N) is 1. The summed E-state index contributed by atoms with van der Waals surface area (Å²) >= 11 is 0. The van der Waals surface area contributed by atoms with Crippen molar-refractivity contribution in [2.45, 2.75) is 13.0 Å². The molecule has 0 aliphatic carbocycles. The molecule has 1 atom stereocenters. The largest absolute Gasteiger partial charge is 0.508 e. The van der Waals surface area contributed by atoms with Gasteiger partial charge < -0.3 is 20.5 Å². The van der Waals surface area contributed by atoms with Gasteiger partial charge in [-0.3, -0.25) is 14.6 Å². The van der Waals surface area contributed by atoms with Gasteiger partial charge in [0.1, 0.15) is 11.5 Å².